The van der Waals surface area contributed by atoms with Crippen LogP contribution in [0.5, 0.6) is 0 Å². The molecule has 0 aliphatic carbocycles. The monoisotopic (exact) mass is 185 g/mol. The van der Waals surface area contributed by atoms with Gasteiger partial charge in [0.2, 0.25) is 5.91 Å². The number of aliphatic hydroxyl groups is 1. The molecule has 2 N–H and O–H groups in total. The van der Waals surface area contributed by atoms with Crippen LogP contribution in [0.3, 0.4) is 0 Å². The molecule has 0 heterocycles. The highest BCUT2D eigenvalue weighted by atomic mass is 16.3. The molecule has 3 heteroatoms. The molecule has 0 saturated heterocycles. The molecule has 13 heavy (non-hydrogen) atoms. The van der Waals surface area contributed by atoms with Crippen molar-refractivity contribution in [3.63, 3.8) is 0 Å². The lowest BCUT2D eigenvalue weighted by Gasteiger charge is -2.16. The number of amides is 1. The van der Waals surface area contributed by atoms with E-state index in [4.69, 9.17) is 5.11 Å². The molecule has 1 unspecified atom stereocenters. The van der Waals surface area contributed by atoms with Crippen LogP contribution in [-0.4, -0.2) is 23.7 Å². The Morgan fingerprint density at radius 3 is 2.54 bits per heavy atom. The molecule has 0 spiro atoms. The molecule has 1 amide bonds. The zero-order valence-corrected chi connectivity index (χ0v) is 8.58. The van der Waals surface area contributed by atoms with Gasteiger partial charge >= 0.3 is 0 Å². The fraction of sp³-hybridized carbons (Fsp3) is 0.700. The molecule has 0 rings (SSSR count). The average molecular weight is 185 g/mol. The molecular formula is C10H19NO2. The first-order valence-electron chi connectivity index (χ1n) is 4.64. The van der Waals surface area contributed by atoms with E-state index in [0.29, 0.717) is 5.92 Å². The maximum absolute atomic E-state index is 11.1. The number of rotatable bonds is 5. The lowest BCUT2D eigenvalue weighted by atomic mass is 10.0. The van der Waals surface area contributed by atoms with Crippen LogP contribution in [0.25, 0.3) is 0 Å². The summed E-state index contributed by atoms with van der Waals surface area (Å²) in [5.74, 6) is 0.338. The van der Waals surface area contributed by atoms with E-state index in [0.717, 1.165) is 6.42 Å². The molecule has 0 aliphatic rings. The van der Waals surface area contributed by atoms with Gasteiger partial charge in [-0.3, -0.25) is 4.79 Å². The Bertz CT molecular complexity index is 176. The Balaban J connectivity index is 3.90. The van der Waals surface area contributed by atoms with Crippen molar-refractivity contribution < 1.29 is 9.90 Å². The van der Waals surface area contributed by atoms with E-state index >= 15 is 0 Å². The smallest absolute Gasteiger partial charge is 0.243 e. The van der Waals surface area contributed by atoms with Gasteiger partial charge in [-0.25, -0.2) is 0 Å². The summed E-state index contributed by atoms with van der Waals surface area (Å²) in [5.41, 5.74) is 0. The summed E-state index contributed by atoms with van der Waals surface area (Å²) in [6.07, 6.45) is 3.95. The quantitative estimate of drug-likeness (QED) is 0.630. The van der Waals surface area contributed by atoms with E-state index < -0.39 is 0 Å². The second kappa shape index (κ2) is 6.66. The predicted molar refractivity (Wildman–Crippen MR) is 53.3 cm³/mol. The summed E-state index contributed by atoms with van der Waals surface area (Å²) in [4.78, 5) is 11.1. The summed E-state index contributed by atoms with van der Waals surface area (Å²) in [5, 5.41) is 11.7. The number of allylic oxidation sites excluding steroid dienone is 1. The number of hydrogen-bond acceptors (Lipinski definition) is 2. The highest BCUT2D eigenvalue weighted by molar-refractivity contribution is 5.87. The SMILES string of the molecule is C/C=C/C(=O)NC(CO)CC(C)C. The summed E-state index contributed by atoms with van der Waals surface area (Å²) >= 11 is 0. The van der Waals surface area contributed by atoms with Crippen molar-refractivity contribution in [1.29, 1.82) is 0 Å². The average Bonchev–Trinajstić information content (AvgIpc) is 2.02. The molecule has 0 aromatic rings. The van der Waals surface area contributed by atoms with E-state index in [1.54, 1.807) is 13.0 Å². The van der Waals surface area contributed by atoms with Crippen LogP contribution in [0, 0.1) is 5.92 Å². The number of carbonyl (C=O) groups excluding carboxylic acids is 1. The molecule has 0 bridgehead atoms. The van der Waals surface area contributed by atoms with Crippen molar-refractivity contribution in [2.75, 3.05) is 6.61 Å². The maximum Gasteiger partial charge on any atom is 0.243 e. The van der Waals surface area contributed by atoms with Gasteiger partial charge in [-0.05, 0) is 25.3 Å². The minimum atomic E-state index is -0.137. The lowest BCUT2D eigenvalue weighted by Crippen LogP contribution is -2.37. The topological polar surface area (TPSA) is 49.3 Å². The van der Waals surface area contributed by atoms with Crippen LogP contribution in [0.4, 0.5) is 0 Å². The number of hydrogen-bond donors (Lipinski definition) is 2. The summed E-state index contributed by atoms with van der Waals surface area (Å²) in [6, 6.07) is -0.122. The largest absolute Gasteiger partial charge is 0.394 e. The van der Waals surface area contributed by atoms with Gasteiger partial charge in [-0.2, -0.15) is 0 Å². The molecule has 76 valence electrons. The summed E-state index contributed by atoms with van der Waals surface area (Å²) in [7, 11) is 0. The third-order valence-corrected chi connectivity index (χ3v) is 1.64. The second-order valence-electron chi connectivity index (χ2n) is 3.52. The fourth-order valence-electron chi connectivity index (χ4n) is 1.15. The Kier molecular flexibility index (Phi) is 6.24. The Morgan fingerprint density at radius 1 is 1.54 bits per heavy atom. The molecule has 0 aliphatic heterocycles. The first-order valence-corrected chi connectivity index (χ1v) is 4.64. The van der Waals surface area contributed by atoms with Crippen molar-refractivity contribution in [1.82, 2.24) is 5.32 Å². The van der Waals surface area contributed by atoms with Crippen LogP contribution in [-0.2, 0) is 4.79 Å². The Hall–Kier alpha value is -0.830. The van der Waals surface area contributed by atoms with E-state index in [1.807, 2.05) is 0 Å². The van der Waals surface area contributed by atoms with Crippen molar-refractivity contribution in [3.05, 3.63) is 12.2 Å². The zero-order chi connectivity index (χ0) is 10.3. The van der Waals surface area contributed by atoms with Crippen LogP contribution >= 0.6 is 0 Å². The third-order valence-electron chi connectivity index (χ3n) is 1.64. The van der Waals surface area contributed by atoms with Gasteiger partial charge in [0.25, 0.3) is 0 Å². The van der Waals surface area contributed by atoms with Gasteiger partial charge in [-0.1, -0.05) is 19.9 Å². The normalized spacial score (nSPS) is 13.6. The molecule has 0 fully saturated rings. The van der Waals surface area contributed by atoms with E-state index in [-0.39, 0.29) is 18.6 Å². The maximum atomic E-state index is 11.1. The highest BCUT2D eigenvalue weighted by Crippen LogP contribution is 2.03. The molecule has 1 atom stereocenters. The first kappa shape index (κ1) is 12.2. The Labute approximate surface area is 79.8 Å². The lowest BCUT2D eigenvalue weighted by molar-refractivity contribution is -0.117. The van der Waals surface area contributed by atoms with Gasteiger partial charge in [0.05, 0.1) is 12.6 Å². The number of carbonyl (C=O) groups is 1. The minimum Gasteiger partial charge on any atom is -0.394 e. The van der Waals surface area contributed by atoms with Crippen molar-refractivity contribution >= 4 is 5.91 Å². The molecule has 0 aromatic carbocycles. The van der Waals surface area contributed by atoms with Gasteiger partial charge in [0, 0.05) is 0 Å². The van der Waals surface area contributed by atoms with Gasteiger partial charge in [-0.15, -0.1) is 0 Å². The van der Waals surface area contributed by atoms with E-state index in [2.05, 4.69) is 19.2 Å². The Morgan fingerprint density at radius 2 is 2.15 bits per heavy atom. The molecule has 0 aromatic heterocycles. The van der Waals surface area contributed by atoms with Crippen LogP contribution < -0.4 is 5.32 Å². The van der Waals surface area contributed by atoms with Crippen LogP contribution in [0.2, 0.25) is 0 Å². The molecule has 0 saturated carbocycles. The van der Waals surface area contributed by atoms with Crippen molar-refractivity contribution in [2.45, 2.75) is 33.2 Å². The predicted octanol–water partition coefficient (Wildman–Crippen LogP) is 1.09. The molecular weight excluding hydrogens is 166 g/mol. The van der Waals surface area contributed by atoms with Crippen LogP contribution in [0.15, 0.2) is 12.2 Å². The van der Waals surface area contributed by atoms with Crippen LogP contribution in [0.1, 0.15) is 27.2 Å². The molecule has 0 radical (unpaired) electrons. The van der Waals surface area contributed by atoms with Gasteiger partial charge < -0.3 is 10.4 Å². The zero-order valence-electron chi connectivity index (χ0n) is 8.58. The van der Waals surface area contributed by atoms with Gasteiger partial charge in [0.15, 0.2) is 0 Å². The van der Waals surface area contributed by atoms with Crippen molar-refractivity contribution in [3.8, 4) is 0 Å². The van der Waals surface area contributed by atoms with Crippen molar-refractivity contribution in [2.24, 2.45) is 5.92 Å². The first-order chi connectivity index (χ1) is 6.10. The van der Waals surface area contributed by atoms with E-state index in [1.165, 1.54) is 6.08 Å². The number of aliphatic hydroxyl groups excluding tert-OH is 1. The summed E-state index contributed by atoms with van der Waals surface area (Å²) in [6.45, 7) is 5.91. The number of nitrogens with one attached hydrogen (secondary N) is 1. The van der Waals surface area contributed by atoms with E-state index in [9.17, 15) is 4.79 Å². The summed E-state index contributed by atoms with van der Waals surface area (Å²) < 4.78 is 0. The second-order valence-corrected chi connectivity index (χ2v) is 3.52. The molecule has 3 nitrogen and oxygen atoms in total. The fourth-order valence-corrected chi connectivity index (χ4v) is 1.15. The highest BCUT2D eigenvalue weighted by Gasteiger charge is 2.10. The standard InChI is InChI=1S/C10H19NO2/c1-4-5-10(13)11-9(7-12)6-8(2)3/h4-5,8-9,12H,6-7H2,1-3H3,(H,11,13)/b5-4+. The third kappa shape index (κ3) is 6.34. The minimum absolute atomic E-state index is 0.00146. The van der Waals surface area contributed by atoms with Gasteiger partial charge in [0.1, 0.15) is 0 Å².